The number of hydrogen-bond donors (Lipinski definition) is 0. The first-order valence-electron chi connectivity index (χ1n) is 16.1. The molecule has 1 aliphatic heterocycles. The van der Waals surface area contributed by atoms with Gasteiger partial charge in [-0.2, -0.15) is 0 Å². The minimum Gasteiger partial charge on any atom is -0.340 e. The van der Waals surface area contributed by atoms with Gasteiger partial charge >= 0.3 is 0 Å². The predicted molar refractivity (Wildman–Crippen MR) is 190 cm³/mol. The Labute approximate surface area is 274 Å². The number of benzene rings is 5. The van der Waals surface area contributed by atoms with Gasteiger partial charge in [0.2, 0.25) is 5.91 Å². The number of anilines is 2. The smallest absolute Gasteiger partial charge is 0.223 e. The molecule has 0 saturated heterocycles. The molecule has 47 heavy (non-hydrogen) atoms. The summed E-state index contributed by atoms with van der Waals surface area (Å²) < 4.78 is 0. The first kappa shape index (κ1) is 30.3. The average molecular weight is 621 g/mol. The normalized spacial score (nSPS) is 18.1. The van der Waals surface area contributed by atoms with Crippen LogP contribution >= 0.6 is 0 Å². The van der Waals surface area contributed by atoms with Crippen LogP contribution in [0.15, 0.2) is 102 Å². The molecule has 2 aliphatic rings. The van der Waals surface area contributed by atoms with E-state index in [1.807, 2.05) is 85.8 Å². The monoisotopic (exact) mass is 620 g/mol. The highest BCUT2D eigenvalue weighted by Crippen LogP contribution is 2.56. The van der Waals surface area contributed by atoms with Crippen molar-refractivity contribution in [2.45, 2.75) is 52.5 Å². The molecule has 1 heterocycles. The largest absolute Gasteiger partial charge is 0.340 e. The van der Waals surface area contributed by atoms with Gasteiger partial charge in [0.15, 0.2) is 11.6 Å². The van der Waals surface area contributed by atoms with E-state index in [-0.39, 0.29) is 34.9 Å². The van der Waals surface area contributed by atoms with Gasteiger partial charge in [0.05, 0.1) is 22.4 Å². The van der Waals surface area contributed by atoms with E-state index < -0.39 is 5.41 Å². The topological polar surface area (TPSA) is 74.8 Å². The van der Waals surface area contributed by atoms with E-state index in [0.717, 1.165) is 49.3 Å². The van der Waals surface area contributed by atoms with Crippen molar-refractivity contribution in [3.8, 4) is 0 Å². The molecule has 0 spiro atoms. The van der Waals surface area contributed by atoms with E-state index in [4.69, 9.17) is 0 Å². The first-order chi connectivity index (χ1) is 22.5. The standard InChI is InChI=1S/C41H36N2O4/c1-7-41(24(4)44)35-22-36(42(6)25(5)45)30-14-10-11-15-31(30)38(35)43(23(2)3)37(41)17-16-32-39(46)33-20-28-18-26-12-8-9-13-27(26)19-29(28)21-34(33)40(32)47/h8-23H,7H2,1-6H3/b37-17+. The maximum Gasteiger partial charge on any atom is 0.223 e. The van der Waals surface area contributed by atoms with Gasteiger partial charge in [-0.15, -0.1) is 0 Å². The van der Waals surface area contributed by atoms with E-state index in [1.165, 1.54) is 6.92 Å². The molecule has 1 unspecified atom stereocenters. The van der Waals surface area contributed by atoms with E-state index in [9.17, 15) is 19.2 Å². The van der Waals surface area contributed by atoms with Crippen LogP contribution in [-0.2, 0) is 15.0 Å². The Morgan fingerprint density at radius 2 is 1.34 bits per heavy atom. The van der Waals surface area contributed by atoms with Crippen molar-refractivity contribution in [3.05, 3.63) is 119 Å². The van der Waals surface area contributed by atoms with Crippen molar-refractivity contribution in [2.75, 3.05) is 16.8 Å². The number of rotatable bonds is 5. The van der Waals surface area contributed by atoms with Gasteiger partial charge in [0.1, 0.15) is 5.78 Å². The van der Waals surface area contributed by atoms with Gasteiger partial charge in [-0.05, 0) is 96.8 Å². The summed E-state index contributed by atoms with van der Waals surface area (Å²) in [6.07, 6.45) is 3.87. The summed E-state index contributed by atoms with van der Waals surface area (Å²) in [6, 6.07) is 25.6. The molecule has 1 amide bonds. The van der Waals surface area contributed by atoms with Gasteiger partial charge < -0.3 is 9.80 Å². The molecule has 7 rings (SSSR count). The second kappa shape index (κ2) is 10.9. The number of fused-ring (bicyclic) bond motifs is 6. The fraction of sp³-hybridized carbons (Fsp3) is 0.220. The second-order valence-electron chi connectivity index (χ2n) is 12.9. The number of carbonyl (C=O) groups is 4. The molecule has 0 aromatic heterocycles. The Balaban J connectivity index is 1.43. The molecule has 1 aliphatic carbocycles. The first-order valence-corrected chi connectivity index (χ1v) is 16.1. The summed E-state index contributed by atoms with van der Waals surface area (Å²) in [5.41, 5.74) is 2.99. The number of amides is 1. The second-order valence-corrected chi connectivity index (χ2v) is 12.9. The minimum absolute atomic E-state index is 0.0496. The van der Waals surface area contributed by atoms with Crippen molar-refractivity contribution in [1.29, 1.82) is 0 Å². The van der Waals surface area contributed by atoms with Crippen molar-refractivity contribution in [3.63, 3.8) is 0 Å². The fourth-order valence-corrected chi connectivity index (χ4v) is 7.66. The number of nitrogens with zero attached hydrogens (tertiary/aromatic N) is 2. The van der Waals surface area contributed by atoms with Crippen LogP contribution in [0.1, 0.15) is 67.3 Å². The third-order valence-corrected chi connectivity index (χ3v) is 10.1. The lowest BCUT2D eigenvalue weighted by atomic mass is 9.73. The zero-order valence-electron chi connectivity index (χ0n) is 27.5. The third-order valence-electron chi connectivity index (χ3n) is 10.1. The zero-order chi connectivity index (χ0) is 33.4. The summed E-state index contributed by atoms with van der Waals surface area (Å²) in [4.78, 5) is 58.0. The van der Waals surface area contributed by atoms with Crippen molar-refractivity contribution in [2.24, 2.45) is 0 Å². The van der Waals surface area contributed by atoms with Crippen molar-refractivity contribution < 1.29 is 19.2 Å². The molecule has 234 valence electrons. The molecule has 0 bridgehead atoms. The number of allylic oxidation sites excluding steroid dienone is 4. The third kappa shape index (κ3) is 4.31. The lowest BCUT2D eigenvalue weighted by Gasteiger charge is -2.33. The van der Waals surface area contributed by atoms with Gasteiger partial charge in [-0.25, -0.2) is 0 Å². The number of Topliss-reactive ketones (excluding diaryl/α,β-unsaturated/α-hetero) is 3. The molecule has 5 aromatic rings. The summed E-state index contributed by atoms with van der Waals surface area (Å²) in [5, 5.41) is 5.77. The van der Waals surface area contributed by atoms with Gasteiger partial charge in [0.25, 0.3) is 0 Å². The SMILES string of the molecule is CCC1(C(C)=O)/C(=C\C=C2C(=O)c3cc4cc5ccccc5cc4cc3C2=O)N(C(C)C)c2c1cc(N(C)C(C)=O)c1ccccc21. The molecular formula is C41H36N2O4. The van der Waals surface area contributed by atoms with Crippen LogP contribution in [-0.4, -0.2) is 36.3 Å². The molecule has 5 aromatic carbocycles. The minimum atomic E-state index is -1.06. The Kier molecular flexibility index (Phi) is 7.01. The average Bonchev–Trinajstić information content (AvgIpc) is 3.48. The van der Waals surface area contributed by atoms with Crippen LogP contribution in [0.4, 0.5) is 11.4 Å². The molecule has 6 nitrogen and oxygen atoms in total. The Bertz CT molecular complexity index is 2220. The maximum atomic E-state index is 13.9. The highest BCUT2D eigenvalue weighted by Gasteiger charge is 2.51. The van der Waals surface area contributed by atoms with E-state index >= 15 is 0 Å². The molecular weight excluding hydrogens is 584 g/mol. The van der Waals surface area contributed by atoms with Crippen LogP contribution in [0, 0.1) is 0 Å². The lowest BCUT2D eigenvalue weighted by molar-refractivity contribution is -0.121. The van der Waals surface area contributed by atoms with Crippen molar-refractivity contribution >= 4 is 66.9 Å². The van der Waals surface area contributed by atoms with E-state index in [1.54, 1.807) is 31.0 Å². The zero-order valence-corrected chi connectivity index (χ0v) is 27.5. The maximum absolute atomic E-state index is 13.9. The summed E-state index contributed by atoms with van der Waals surface area (Å²) >= 11 is 0. The Morgan fingerprint density at radius 3 is 1.85 bits per heavy atom. The molecule has 0 saturated carbocycles. The lowest BCUT2D eigenvalue weighted by Crippen LogP contribution is -2.39. The van der Waals surface area contributed by atoms with Crippen molar-refractivity contribution in [1.82, 2.24) is 0 Å². The molecule has 1 atom stereocenters. The van der Waals surface area contributed by atoms with Crippen LogP contribution in [0.2, 0.25) is 0 Å². The molecule has 6 heteroatoms. The van der Waals surface area contributed by atoms with Crippen LogP contribution < -0.4 is 9.80 Å². The fourth-order valence-electron chi connectivity index (χ4n) is 7.66. The van der Waals surface area contributed by atoms with E-state index in [0.29, 0.717) is 23.2 Å². The molecule has 0 N–H and O–H groups in total. The van der Waals surface area contributed by atoms with Crippen LogP contribution in [0.5, 0.6) is 0 Å². The summed E-state index contributed by atoms with van der Waals surface area (Å²) in [7, 11) is 1.75. The number of ketones is 3. The Morgan fingerprint density at radius 1 is 0.787 bits per heavy atom. The Hall–Kier alpha value is -5.36. The van der Waals surface area contributed by atoms with Gasteiger partial charge in [-0.1, -0.05) is 55.5 Å². The summed E-state index contributed by atoms with van der Waals surface area (Å²) in [6.45, 7) is 9.24. The number of hydrogen-bond acceptors (Lipinski definition) is 5. The van der Waals surface area contributed by atoms with Crippen LogP contribution in [0.3, 0.4) is 0 Å². The van der Waals surface area contributed by atoms with Gasteiger partial charge in [0, 0.05) is 47.6 Å². The molecule has 0 radical (unpaired) electrons. The molecule has 0 fully saturated rings. The highest BCUT2D eigenvalue weighted by molar-refractivity contribution is 6.40. The van der Waals surface area contributed by atoms with Gasteiger partial charge in [-0.3, -0.25) is 19.2 Å². The predicted octanol–water partition coefficient (Wildman–Crippen LogP) is 8.48. The highest BCUT2D eigenvalue weighted by atomic mass is 16.2. The number of carbonyl (C=O) groups excluding carboxylic acids is 4. The van der Waals surface area contributed by atoms with Crippen LogP contribution in [0.25, 0.3) is 32.3 Å². The quantitative estimate of drug-likeness (QED) is 0.112. The van der Waals surface area contributed by atoms with E-state index in [2.05, 4.69) is 18.7 Å². The summed E-state index contributed by atoms with van der Waals surface area (Å²) in [5.74, 6) is -0.794.